The maximum absolute atomic E-state index is 12.9. The first-order valence-corrected chi connectivity index (χ1v) is 10.8. The van der Waals surface area contributed by atoms with Crippen LogP contribution in [0.25, 0.3) is 0 Å². The third-order valence-corrected chi connectivity index (χ3v) is 6.80. The number of hydrogen-bond acceptors (Lipinski definition) is 5. The molecule has 1 aromatic rings. The maximum atomic E-state index is 12.9. The third-order valence-electron chi connectivity index (χ3n) is 5.84. The minimum Gasteiger partial charge on any atom is -0.369 e. The molecule has 0 spiro atoms. The Hall–Kier alpha value is -0.580. The van der Waals surface area contributed by atoms with Crippen molar-refractivity contribution >= 4 is 60.6 Å². The largest absolute Gasteiger partial charge is 0.416 e. The molecule has 1 amide bonds. The molecule has 5 nitrogen and oxygen atoms in total. The molecule has 0 unspecified atom stereocenters. The number of nitrogens with zero attached hydrogens (tertiary/aromatic N) is 3. The summed E-state index contributed by atoms with van der Waals surface area (Å²) in [5, 5.41) is 3.37. The van der Waals surface area contributed by atoms with Crippen LogP contribution in [-0.2, 0) is 11.0 Å². The molecule has 3 aliphatic heterocycles. The number of piperazine rings is 1. The van der Waals surface area contributed by atoms with Crippen molar-refractivity contribution in [3.63, 3.8) is 0 Å². The fraction of sp³-hybridized carbons (Fsp3) is 0.632. The van der Waals surface area contributed by atoms with E-state index in [-0.39, 0.29) is 49.2 Å². The summed E-state index contributed by atoms with van der Waals surface area (Å²) < 4.78 is 38.8. The van der Waals surface area contributed by atoms with Crippen LogP contribution < -0.4 is 10.2 Å². The van der Waals surface area contributed by atoms with Gasteiger partial charge in [-0.15, -0.1) is 49.0 Å². The summed E-state index contributed by atoms with van der Waals surface area (Å²) >= 11 is 1.79. The van der Waals surface area contributed by atoms with E-state index in [0.717, 1.165) is 50.3 Å². The van der Waals surface area contributed by atoms with Crippen LogP contribution in [-0.4, -0.2) is 78.7 Å². The fourth-order valence-corrected chi connectivity index (χ4v) is 5.17. The summed E-state index contributed by atoms with van der Waals surface area (Å²) in [4.78, 5) is 18.9. The van der Waals surface area contributed by atoms with Crippen molar-refractivity contribution in [2.24, 2.45) is 0 Å². The van der Waals surface area contributed by atoms with Gasteiger partial charge < -0.3 is 15.1 Å². The Morgan fingerprint density at radius 2 is 1.77 bits per heavy atom. The van der Waals surface area contributed by atoms with Crippen LogP contribution in [0, 0.1) is 0 Å². The number of carbonyl (C=O) groups excluding carboxylic acids is 1. The Kier molecular flexibility index (Phi) is 11.1. The number of thioether (sulfide) groups is 1. The Bertz CT molecular complexity index is 717. The predicted molar refractivity (Wildman–Crippen MR) is 126 cm³/mol. The summed E-state index contributed by atoms with van der Waals surface area (Å²) in [6.45, 7) is 4.60. The number of nitrogens with one attached hydrogen (secondary N) is 1. The van der Waals surface area contributed by atoms with Gasteiger partial charge in [0.1, 0.15) is 0 Å². The highest BCUT2D eigenvalue weighted by Crippen LogP contribution is 2.32. The zero-order valence-corrected chi connectivity index (χ0v) is 20.1. The Labute approximate surface area is 203 Å². The quantitative estimate of drug-likeness (QED) is 0.658. The van der Waals surface area contributed by atoms with Gasteiger partial charge in [0, 0.05) is 56.8 Å². The molecule has 0 saturated carbocycles. The number of amides is 1. The first-order chi connectivity index (χ1) is 13.4. The van der Waals surface area contributed by atoms with Crippen LogP contribution in [0.4, 0.5) is 18.9 Å². The lowest BCUT2D eigenvalue weighted by Crippen LogP contribution is -2.51. The van der Waals surface area contributed by atoms with Gasteiger partial charge in [-0.2, -0.15) is 13.2 Å². The summed E-state index contributed by atoms with van der Waals surface area (Å²) in [7, 11) is 0. The lowest BCUT2D eigenvalue weighted by Gasteiger charge is -2.39. The van der Waals surface area contributed by atoms with Crippen LogP contribution in [0.3, 0.4) is 0 Å². The monoisotopic (exact) mass is 522 g/mol. The van der Waals surface area contributed by atoms with Crippen molar-refractivity contribution in [2.75, 3.05) is 55.8 Å². The van der Waals surface area contributed by atoms with Gasteiger partial charge in [0.15, 0.2) is 0 Å². The van der Waals surface area contributed by atoms with Gasteiger partial charge in [0.25, 0.3) is 0 Å². The molecule has 31 heavy (non-hydrogen) atoms. The van der Waals surface area contributed by atoms with E-state index >= 15 is 0 Å². The fourth-order valence-electron chi connectivity index (χ4n) is 4.22. The normalized spacial score (nSPS) is 24.2. The number of rotatable bonds is 3. The van der Waals surface area contributed by atoms with Gasteiger partial charge in [0.05, 0.1) is 17.5 Å². The second kappa shape index (κ2) is 12.0. The zero-order chi connectivity index (χ0) is 19.7. The van der Waals surface area contributed by atoms with Crippen LogP contribution in [0.15, 0.2) is 24.3 Å². The molecule has 1 aromatic carbocycles. The molecule has 3 aliphatic rings. The average molecular weight is 524 g/mol. The molecule has 1 N–H and O–H groups in total. The van der Waals surface area contributed by atoms with Crippen molar-refractivity contribution in [1.29, 1.82) is 0 Å². The highest BCUT2D eigenvalue weighted by molar-refractivity contribution is 7.99. The van der Waals surface area contributed by atoms with Crippen molar-refractivity contribution in [3.05, 3.63) is 29.8 Å². The van der Waals surface area contributed by atoms with Crippen LogP contribution in [0.1, 0.15) is 12.0 Å². The van der Waals surface area contributed by atoms with Gasteiger partial charge in [-0.25, -0.2) is 0 Å². The van der Waals surface area contributed by atoms with Gasteiger partial charge >= 0.3 is 6.18 Å². The van der Waals surface area contributed by atoms with Crippen molar-refractivity contribution in [2.45, 2.75) is 24.7 Å². The molecule has 178 valence electrons. The summed E-state index contributed by atoms with van der Waals surface area (Å²) in [5.74, 6) is 2.01. The van der Waals surface area contributed by atoms with E-state index in [9.17, 15) is 18.0 Å². The van der Waals surface area contributed by atoms with E-state index in [1.807, 2.05) is 9.80 Å². The van der Waals surface area contributed by atoms with Crippen molar-refractivity contribution in [1.82, 2.24) is 15.1 Å². The zero-order valence-electron chi connectivity index (χ0n) is 16.8. The van der Waals surface area contributed by atoms with E-state index < -0.39 is 11.7 Å². The summed E-state index contributed by atoms with van der Waals surface area (Å²) in [6, 6.07) is 5.76. The minimum atomic E-state index is -4.32. The summed E-state index contributed by atoms with van der Waals surface area (Å²) in [6.07, 6.45) is -3.51. The van der Waals surface area contributed by atoms with E-state index in [4.69, 9.17) is 0 Å². The van der Waals surface area contributed by atoms with E-state index in [2.05, 4.69) is 10.2 Å². The molecule has 3 heterocycles. The molecule has 4 rings (SSSR count). The van der Waals surface area contributed by atoms with Crippen LogP contribution in [0.5, 0.6) is 0 Å². The number of benzene rings is 1. The Morgan fingerprint density at radius 1 is 1.06 bits per heavy atom. The molecule has 3 saturated heterocycles. The smallest absolute Gasteiger partial charge is 0.369 e. The number of alkyl halides is 3. The second-order valence-corrected chi connectivity index (χ2v) is 8.64. The van der Waals surface area contributed by atoms with Gasteiger partial charge in [-0.1, -0.05) is 6.07 Å². The van der Waals surface area contributed by atoms with Crippen LogP contribution >= 0.6 is 49.0 Å². The van der Waals surface area contributed by atoms with Crippen molar-refractivity contribution < 1.29 is 18.0 Å². The molecule has 2 atom stereocenters. The van der Waals surface area contributed by atoms with Crippen molar-refractivity contribution in [3.8, 4) is 0 Å². The highest BCUT2D eigenvalue weighted by atomic mass is 35.5. The highest BCUT2D eigenvalue weighted by Gasteiger charge is 2.37. The summed E-state index contributed by atoms with van der Waals surface area (Å²) in [5.41, 5.74) is 0.0208. The topological polar surface area (TPSA) is 38.8 Å². The molecule has 3 fully saturated rings. The third kappa shape index (κ3) is 6.71. The standard InChI is InChI=1S/C19H25F3N4OS.3ClH/c20-19(21,22)14-2-1-3-15(10-14)24-4-6-25(7-5-24)16-11-17(23-12-16)18(27)26-8-9-28-13-26;;;/h1-3,10,16-17,23H,4-9,11-13H2;3*1H/t16-,17-;;;/m0.../s1. The van der Waals surface area contributed by atoms with Crippen LogP contribution in [0.2, 0.25) is 0 Å². The minimum absolute atomic E-state index is 0. The Morgan fingerprint density at radius 3 is 2.39 bits per heavy atom. The molecule has 0 aliphatic carbocycles. The number of anilines is 1. The second-order valence-electron chi connectivity index (χ2n) is 7.56. The maximum Gasteiger partial charge on any atom is 0.416 e. The lowest BCUT2D eigenvalue weighted by atomic mass is 10.1. The molecule has 0 aromatic heterocycles. The SMILES string of the molecule is Cl.Cl.Cl.O=C([C@@H]1C[C@H](N2CCN(c3cccc(C(F)(F)F)c3)CC2)CN1)N1CCSC1. The average Bonchev–Trinajstić information content (AvgIpc) is 3.39. The number of halogens is 6. The lowest BCUT2D eigenvalue weighted by molar-refractivity contribution is -0.137. The number of hydrogen-bond donors (Lipinski definition) is 1. The number of carbonyl (C=O) groups is 1. The molecular formula is C19H28Cl3F3N4OS. The Balaban J connectivity index is 0.00000160. The van der Waals surface area contributed by atoms with E-state index in [0.29, 0.717) is 24.8 Å². The van der Waals surface area contributed by atoms with E-state index in [1.54, 1.807) is 17.8 Å². The first-order valence-electron chi connectivity index (χ1n) is 9.68. The molecule has 0 bridgehead atoms. The first kappa shape index (κ1) is 28.5. The molecule has 0 radical (unpaired) electrons. The predicted octanol–water partition coefficient (Wildman–Crippen LogP) is 3.36. The van der Waals surface area contributed by atoms with Gasteiger partial charge in [-0.05, 0) is 24.6 Å². The van der Waals surface area contributed by atoms with Gasteiger partial charge in [-0.3, -0.25) is 9.69 Å². The molecule has 12 heteroatoms. The van der Waals surface area contributed by atoms with Gasteiger partial charge in [0.2, 0.25) is 5.91 Å². The molecular weight excluding hydrogens is 496 g/mol. The van der Waals surface area contributed by atoms with E-state index in [1.165, 1.54) is 12.1 Å².